The van der Waals surface area contributed by atoms with Gasteiger partial charge in [0.25, 0.3) is 0 Å². The van der Waals surface area contributed by atoms with Crippen LogP contribution >= 0.6 is 0 Å². The summed E-state index contributed by atoms with van der Waals surface area (Å²) < 4.78 is 5.32. The van der Waals surface area contributed by atoms with Crippen LogP contribution < -0.4 is 0 Å². The molecule has 0 radical (unpaired) electrons. The zero-order valence-electron chi connectivity index (χ0n) is 12.5. The SMILES string of the molecule is Cc1cccc(/C=C/C(=O)c2ccc3occ(C)c3c2O)c1. The summed E-state index contributed by atoms with van der Waals surface area (Å²) >= 11 is 0. The van der Waals surface area contributed by atoms with Gasteiger partial charge in [-0.25, -0.2) is 0 Å². The molecule has 1 N–H and O–H groups in total. The van der Waals surface area contributed by atoms with Crippen LogP contribution in [0, 0.1) is 13.8 Å². The van der Waals surface area contributed by atoms with Gasteiger partial charge in [-0.15, -0.1) is 0 Å². The Hall–Kier alpha value is -2.81. The van der Waals surface area contributed by atoms with Crippen LogP contribution in [0.2, 0.25) is 0 Å². The first kappa shape index (κ1) is 14.1. The topological polar surface area (TPSA) is 50.4 Å². The summed E-state index contributed by atoms with van der Waals surface area (Å²) in [5.74, 6) is -0.260. The molecule has 0 aliphatic heterocycles. The number of phenolic OH excluding ortho intramolecular Hbond substituents is 1. The van der Waals surface area contributed by atoms with Crippen molar-refractivity contribution in [2.75, 3.05) is 0 Å². The van der Waals surface area contributed by atoms with Crippen LogP contribution in [0.4, 0.5) is 0 Å². The lowest BCUT2D eigenvalue weighted by Crippen LogP contribution is -1.95. The monoisotopic (exact) mass is 292 g/mol. The summed E-state index contributed by atoms with van der Waals surface area (Å²) in [7, 11) is 0. The highest BCUT2D eigenvalue weighted by molar-refractivity contribution is 6.11. The van der Waals surface area contributed by atoms with Crippen molar-refractivity contribution in [2.24, 2.45) is 0 Å². The number of carbonyl (C=O) groups excluding carboxylic acids is 1. The number of phenols is 1. The molecular weight excluding hydrogens is 276 g/mol. The molecule has 0 fully saturated rings. The molecule has 3 nitrogen and oxygen atoms in total. The molecule has 3 aromatic rings. The number of aromatic hydroxyl groups is 1. The van der Waals surface area contributed by atoms with Gasteiger partial charge in [0, 0.05) is 0 Å². The van der Waals surface area contributed by atoms with Crippen molar-refractivity contribution in [2.45, 2.75) is 13.8 Å². The Kier molecular flexibility index (Phi) is 3.55. The first-order valence-corrected chi connectivity index (χ1v) is 7.05. The van der Waals surface area contributed by atoms with Crippen LogP contribution in [0.15, 0.2) is 53.2 Å². The van der Waals surface area contributed by atoms with Crippen molar-refractivity contribution in [1.29, 1.82) is 0 Å². The van der Waals surface area contributed by atoms with Crippen LogP contribution in [0.3, 0.4) is 0 Å². The largest absolute Gasteiger partial charge is 0.506 e. The molecule has 0 spiro atoms. The number of fused-ring (bicyclic) bond motifs is 1. The molecule has 2 aromatic carbocycles. The van der Waals surface area contributed by atoms with E-state index >= 15 is 0 Å². The maximum absolute atomic E-state index is 12.3. The number of rotatable bonds is 3. The van der Waals surface area contributed by atoms with Crippen molar-refractivity contribution in [1.82, 2.24) is 0 Å². The van der Waals surface area contributed by atoms with Crippen molar-refractivity contribution in [3.8, 4) is 5.75 Å². The first-order valence-electron chi connectivity index (χ1n) is 7.05. The number of furan rings is 1. The number of aryl methyl sites for hydroxylation is 2. The van der Waals surface area contributed by atoms with E-state index in [1.54, 1.807) is 24.5 Å². The third kappa shape index (κ3) is 2.53. The minimum absolute atomic E-state index is 0.0253. The van der Waals surface area contributed by atoms with E-state index in [-0.39, 0.29) is 17.1 Å². The Morgan fingerprint density at radius 2 is 2.00 bits per heavy atom. The number of benzene rings is 2. The predicted octanol–water partition coefficient (Wildman–Crippen LogP) is 4.65. The Bertz CT molecular complexity index is 885. The van der Waals surface area contributed by atoms with E-state index in [9.17, 15) is 9.90 Å². The number of ketones is 1. The highest BCUT2D eigenvalue weighted by Gasteiger charge is 2.15. The van der Waals surface area contributed by atoms with Crippen molar-refractivity contribution < 1.29 is 14.3 Å². The minimum Gasteiger partial charge on any atom is -0.506 e. The molecule has 0 unspecified atom stereocenters. The van der Waals surface area contributed by atoms with Gasteiger partial charge in [0.2, 0.25) is 0 Å². The fraction of sp³-hybridized carbons (Fsp3) is 0.105. The average molecular weight is 292 g/mol. The summed E-state index contributed by atoms with van der Waals surface area (Å²) in [5, 5.41) is 10.9. The highest BCUT2D eigenvalue weighted by Crippen LogP contribution is 2.33. The number of hydrogen-bond acceptors (Lipinski definition) is 3. The van der Waals surface area contributed by atoms with E-state index in [2.05, 4.69) is 0 Å². The average Bonchev–Trinajstić information content (AvgIpc) is 2.87. The van der Waals surface area contributed by atoms with Gasteiger partial charge in [-0.1, -0.05) is 35.9 Å². The van der Waals surface area contributed by atoms with Gasteiger partial charge in [-0.05, 0) is 43.2 Å². The van der Waals surface area contributed by atoms with Crippen LogP contribution in [0.5, 0.6) is 5.75 Å². The Morgan fingerprint density at radius 3 is 2.77 bits per heavy atom. The lowest BCUT2D eigenvalue weighted by Gasteiger charge is -2.02. The normalized spacial score (nSPS) is 11.4. The highest BCUT2D eigenvalue weighted by atomic mass is 16.3. The van der Waals surface area contributed by atoms with Gasteiger partial charge in [0.15, 0.2) is 5.78 Å². The molecule has 0 bridgehead atoms. The van der Waals surface area contributed by atoms with Crippen molar-refractivity contribution in [3.63, 3.8) is 0 Å². The molecule has 3 rings (SSSR count). The molecule has 1 aromatic heterocycles. The van der Waals surface area contributed by atoms with Gasteiger partial charge >= 0.3 is 0 Å². The van der Waals surface area contributed by atoms with Crippen LogP contribution in [-0.4, -0.2) is 10.9 Å². The van der Waals surface area contributed by atoms with Gasteiger partial charge in [-0.2, -0.15) is 0 Å². The second-order valence-corrected chi connectivity index (χ2v) is 5.37. The molecule has 0 saturated carbocycles. The van der Waals surface area contributed by atoms with Crippen molar-refractivity contribution in [3.05, 3.63) is 71.0 Å². The van der Waals surface area contributed by atoms with E-state index in [1.807, 2.05) is 38.1 Å². The molecule has 0 amide bonds. The smallest absolute Gasteiger partial charge is 0.189 e. The Balaban J connectivity index is 1.95. The zero-order valence-corrected chi connectivity index (χ0v) is 12.5. The maximum atomic E-state index is 12.3. The Morgan fingerprint density at radius 1 is 1.18 bits per heavy atom. The molecule has 0 saturated heterocycles. The van der Waals surface area contributed by atoms with Gasteiger partial charge in [-0.3, -0.25) is 4.79 Å². The summed E-state index contributed by atoms with van der Waals surface area (Å²) in [6.07, 6.45) is 4.80. The summed E-state index contributed by atoms with van der Waals surface area (Å²) in [4.78, 5) is 12.3. The maximum Gasteiger partial charge on any atom is 0.189 e. The number of hydrogen-bond donors (Lipinski definition) is 1. The summed E-state index contributed by atoms with van der Waals surface area (Å²) in [5.41, 5.74) is 3.75. The molecule has 22 heavy (non-hydrogen) atoms. The van der Waals surface area contributed by atoms with E-state index in [0.29, 0.717) is 11.0 Å². The standard InChI is InChI=1S/C19H16O3/c1-12-4-3-5-14(10-12)6-8-16(20)15-7-9-17-18(19(15)21)13(2)11-22-17/h3-11,21H,1-2H3/b8-6+. The fourth-order valence-electron chi connectivity index (χ4n) is 2.50. The minimum atomic E-state index is -0.235. The molecule has 0 aliphatic rings. The molecule has 110 valence electrons. The van der Waals surface area contributed by atoms with Crippen molar-refractivity contribution >= 4 is 22.8 Å². The molecule has 1 heterocycles. The van der Waals surface area contributed by atoms with Crippen LogP contribution in [-0.2, 0) is 0 Å². The van der Waals surface area contributed by atoms with E-state index in [1.165, 1.54) is 6.08 Å². The lowest BCUT2D eigenvalue weighted by molar-refractivity contribution is 0.104. The first-order chi connectivity index (χ1) is 10.6. The number of carbonyl (C=O) groups is 1. The third-order valence-corrected chi connectivity index (χ3v) is 3.63. The van der Waals surface area contributed by atoms with Gasteiger partial charge in [0.1, 0.15) is 11.3 Å². The second-order valence-electron chi connectivity index (χ2n) is 5.37. The lowest BCUT2D eigenvalue weighted by atomic mass is 10.0. The van der Waals surface area contributed by atoms with Crippen LogP contribution in [0.1, 0.15) is 27.0 Å². The summed E-state index contributed by atoms with van der Waals surface area (Å²) in [6.45, 7) is 3.84. The van der Waals surface area contributed by atoms with Crippen LogP contribution in [0.25, 0.3) is 17.0 Å². The molecule has 0 atom stereocenters. The van der Waals surface area contributed by atoms with E-state index in [0.717, 1.165) is 16.7 Å². The zero-order chi connectivity index (χ0) is 15.7. The van der Waals surface area contributed by atoms with E-state index in [4.69, 9.17) is 4.42 Å². The Labute approximate surface area is 128 Å². The third-order valence-electron chi connectivity index (χ3n) is 3.63. The fourth-order valence-corrected chi connectivity index (χ4v) is 2.50. The van der Waals surface area contributed by atoms with E-state index < -0.39 is 0 Å². The summed E-state index contributed by atoms with van der Waals surface area (Å²) in [6, 6.07) is 11.2. The predicted molar refractivity (Wildman–Crippen MR) is 87.2 cm³/mol. The second kappa shape index (κ2) is 5.53. The van der Waals surface area contributed by atoms with Gasteiger partial charge < -0.3 is 9.52 Å². The number of allylic oxidation sites excluding steroid dienone is 1. The molecular formula is C19H16O3. The molecule has 3 heteroatoms. The molecule has 0 aliphatic carbocycles. The quantitative estimate of drug-likeness (QED) is 0.564. The van der Waals surface area contributed by atoms with Gasteiger partial charge in [0.05, 0.1) is 17.2 Å².